The molecule has 2 aromatic rings. The number of hydrogen-bond acceptors (Lipinski definition) is 7. The number of hydrogen-bond donors (Lipinski definition) is 1. The number of nitrogens with one attached hydrogen (secondary N) is 1. The van der Waals surface area contributed by atoms with Gasteiger partial charge < -0.3 is 14.2 Å². The maximum Gasteiger partial charge on any atom is 0.306 e. The van der Waals surface area contributed by atoms with Crippen LogP contribution in [0.3, 0.4) is 0 Å². The van der Waals surface area contributed by atoms with Crippen LogP contribution in [-0.2, 0) is 14.9 Å². The highest BCUT2D eigenvalue weighted by molar-refractivity contribution is 8.18. The van der Waals surface area contributed by atoms with Gasteiger partial charge in [0.1, 0.15) is 0 Å². The second-order valence-corrected chi connectivity index (χ2v) is 8.12. The first-order chi connectivity index (χ1) is 12.8. The third-order valence-electron chi connectivity index (χ3n) is 3.36. The highest BCUT2D eigenvalue weighted by Crippen LogP contribution is 2.32. The zero-order chi connectivity index (χ0) is 19.4. The van der Waals surface area contributed by atoms with Crippen LogP contribution >= 0.6 is 11.8 Å². The summed E-state index contributed by atoms with van der Waals surface area (Å²) in [6.07, 6.45) is 2.62. The van der Waals surface area contributed by atoms with E-state index in [1.165, 1.54) is 24.9 Å². The smallest absolute Gasteiger partial charge is 0.306 e. The molecule has 1 amide bonds. The number of ether oxygens (including phenoxy) is 1. The summed E-state index contributed by atoms with van der Waals surface area (Å²) in [5.74, 6) is 0.0680. The summed E-state index contributed by atoms with van der Waals surface area (Å²) in [5, 5.41) is 3.20. The Hall–Kier alpha value is -2.78. The van der Waals surface area contributed by atoms with Gasteiger partial charge >= 0.3 is 10.1 Å². The van der Waals surface area contributed by atoms with Crippen molar-refractivity contribution >= 4 is 44.7 Å². The number of thioether (sulfide) groups is 1. The quantitative estimate of drug-likeness (QED) is 0.608. The van der Waals surface area contributed by atoms with Crippen molar-refractivity contribution in [1.82, 2.24) is 5.32 Å². The largest absolute Gasteiger partial charge is 0.493 e. The molecule has 0 saturated carbocycles. The molecule has 0 unspecified atom stereocenters. The van der Waals surface area contributed by atoms with Gasteiger partial charge in [0.05, 0.1) is 24.0 Å². The summed E-state index contributed by atoms with van der Waals surface area (Å²) < 4.78 is 32.7. The number of benzene rings is 2. The molecule has 0 bridgehead atoms. The van der Waals surface area contributed by atoms with Crippen molar-refractivity contribution in [2.24, 2.45) is 4.99 Å². The van der Waals surface area contributed by atoms with Crippen molar-refractivity contribution in [3.05, 3.63) is 59.0 Å². The van der Waals surface area contributed by atoms with Crippen LogP contribution in [0.25, 0.3) is 6.08 Å². The van der Waals surface area contributed by atoms with E-state index in [4.69, 9.17) is 8.92 Å². The number of carbonyl (C=O) groups excluding carboxylic acids is 1. The predicted molar refractivity (Wildman–Crippen MR) is 106 cm³/mol. The second kappa shape index (κ2) is 7.85. The number of carbonyl (C=O) groups is 1. The first kappa shape index (κ1) is 19.0. The lowest BCUT2D eigenvalue weighted by Gasteiger charge is -2.09. The number of methoxy groups -OCH3 is 1. The molecular weight excluding hydrogens is 388 g/mol. The van der Waals surface area contributed by atoms with E-state index < -0.39 is 10.1 Å². The van der Waals surface area contributed by atoms with Gasteiger partial charge in [-0.25, -0.2) is 4.99 Å². The van der Waals surface area contributed by atoms with Crippen LogP contribution in [0.15, 0.2) is 58.4 Å². The summed E-state index contributed by atoms with van der Waals surface area (Å²) in [5.41, 5.74) is 1.40. The Morgan fingerprint density at radius 1 is 1.11 bits per heavy atom. The number of aliphatic imine (C=N–C) groups is 1. The fraction of sp³-hybridized carbons (Fsp3) is 0.111. The minimum absolute atomic E-state index is 0.0806. The van der Waals surface area contributed by atoms with Crippen LogP contribution in [0.2, 0.25) is 0 Å². The number of amides is 1. The fourth-order valence-corrected chi connectivity index (χ4v) is 3.56. The Balaban J connectivity index is 1.84. The molecule has 0 radical (unpaired) electrons. The molecule has 1 aliphatic heterocycles. The Bertz CT molecular complexity index is 1030. The molecule has 1 aliphatic rings. The van der Waals surface area contributed by atoms with Crippen molar-refractivity contribution < 1.29 is 22.1 Å². The number of amidine groups is 1. The van der Waals surface area contributed by atoms with Gasteiger partial charge in [-0.3, -0.25) is 4.79 Å². The normalized spacial score (nSPS) is 17.2. The maximum absolute atomic E-state index is 12.2. The summed E-state index contributed by atoms with van der Waals surface area (Å²) in [6, 6.07) is 14.0. The van der Waals surface area contributed by atoms with E-state index in [1.807, 2.05) is 30.3 Å². The van der Waals surface area contributed by atoms with E-state index in [0.29, 0.717) is 15.6 Å². The molecule has 0 spiro atoms. The van der Waals surface area contributed by atoms with Crippen LogP contribution in [0.5, 0.6) is 11.5 Å². The predicted octanol–water partition coefficient (Wildman–Crippen LogP) is 2.93. The molecule has 1 fully saturated rings. The Morgan fingerprint density at radius 3 is 2.52 bits per heavy atom. The summed E-state index contributed by atoms with van der Waals surface area (Å²) in [6.45, 7) is 0. The Kier molecular flexibility index (Phi) is 5.52. The molecule has 0 atom stereocenters. The fourth-order valence-electron chi connectivity index (χ4n) is 2.26. The second-order valence-electron chi connectivity index (χ2n) is 5.52. The zero-order valence-electron chi connectivity index (χ0n) is 14.5. The van der Waals surface area contributed by atoms with Crippen LogP contribution in [0.1, 0.15) is 5.56 Å². The van der Waals surface area contributed by atoms with E-state index in [9.17, 15) is 13.2 Å². The Labute approximate surface area is 161 Å². The average molecular weight is 404 g/mol. The van der Waals surface area contributed by atoms with Gasteiger partial charge in [-0.05, 0) is 47.7 Å². The molecule has 2 aromatic carbocycles. The highest BCUT2D eigenvalue weighted by Gasteiger charge is 2.24. The standard InChI is InChI=1S/C18H16N2O5S2/c1-24-15-10-12(8-9-14(15)25-27(2,22)23)11-16-17(21)20-18(26-16)19-13-6-4-3-5-7-13/h3-11H,1-2H3,(H,19,20,21)/b16-11+. The van der Waals surface area contributed by atoms with Crippen molar-refractivity contribution in [1.29, 1.82) is 0 Å². The van der Waals surface area contributed by atoms with Crippen molar-refractivity contribution in [3.63, 3.8) is 0 Å². The molecular formula is C18H16N2O5S2. The van der Waals surface area contributed by atoms with Gasteiger partial charge in [-0.1, -0.05) is 24.3 Å². The first-order valence-electron chi connectivity index (χ1n) is 7.76. The molecule has 0 aromatic heterocycles. The molecule has 9 heteroatoms. The molecule has 140 valence electrons. The summed E-state index contributed by atoms with van der Waals surface area (Å²) in [7, 11) is -2.26. The lowest BCUT2D eigenvalue weighted by Crippen LogP contribution is -2.19. The first-order valence-corrected chi connectivity index (χ1v) is 10.4. The number of para-hydroxylation sites is 1. The molecule has 7 nitrogen and oxygen atoms in total. The molecule has 1 heterocycles. The van der Waals surface area contributed by atoms with Crippen LogP contribution in [-0.4, -0.2) is 32.9 Å². The summed E-state index contributed by atoms with van der Waals surface area (Å²) >= 11 is 1.22. The van der Waals surface area contributed by atoms with Gasteiger partial charge in [-0.2, -0.15) is 8.42 Å². The van der Waals surface area contributed by atoms with Gasteiger partial charge in [0.25, 0.3) is 5.91 Å². The van der Waals surface area contributed by atoms with Crippen LogP contribution in [0, 0.1) is 0 Å². The van der Waals surface area contributed by atoms with E-state index in [0.717, 1.165) is 11.9 Å². The van der Waals surface area contributed by atoms with Crippen molar-refractivity contribution in [2.75, 3.05) is 13.4 Å². The van der Waals surface area contributed by atoms with E-state index in [2.05, 4.69) is 10.3 Å². The Morgan fingerprint density at radius 2 is 1.85 bits per heavy atom. The van der Waals surface area contributed by atoms with Gasteiger partial charge in [0.15, 0.2) is 16.7 Å². The topological polar surface area (TPSA) is 94.1 Å². The average Bonchev–Trinajstić information content (AvgIpc) is 2.95. The third kappa shape index (κ3) is 5.11. The minimum atomic E-state index is -3.67. The van der Waals surface area contributed by atoms with Gasteiger partial charge in [0.2, 0.25) is 0 Å². The third-order valence-corrected chi connectivity index (χ3v) is 4.76. The molecule has 27 heavy (non-hydrogen) atoms. The molecule has 1 saturated heterocycles. The SMILES string of the molecule is COc1cc(/C=C2/SC(=Nc3ccccc3)NC2=O)ccc1OS(C)(=O)=O. The van der Waals surface area contributed by atoms with E-state index in [-0.39, 0.29) is 17.4 Å². The van der Waals surface area contributed by atoms with Crippen LogP contribution < -0.4 is 14.2 Å². The number of nitrogens with zero attached hydrogens (tertiary/aromatic N) is 1. The van der Waals surface area contributed by atoms with E-state index >= 15 is 0 Å². The zero-order valence-corrected chi connectivity index (χ0v) is 16.1. The van der Waals surface area contributed by atoms with Crippen LogP contribution in [0.4, 0.5) is 5.69 Å². The molecule has 3 rings (SSSR count). The lowest BCUT2D eigenvalue weighted by molar-refractivity contribution is -0.115. The summed E-state index contributed by atoms with van der Waals surface area (Å²) in [4.78, 5) is 17.0. The van der Waals surface area contributed by atoms with Gasteiger partial charge in [0, 0.05) is 0 Å². The minimum Gasteiger partial charge on any atom is -0.493 e. The van der Waals surface area contributed by atoms with E-state index in [1.54, 1.807) is 18.2 Å². The maximum atomic E-state index is 12.2. The molecule has 1 N–H and O–H groups in total. The number of rotatable bonds is 5. The van der Waals surface area contributed by atoms with Gasteiger partial charge in [-0.15, -0.1) is 0 Å². The highest BCUT2D eigenvalue weighted by atomic mass is 32.2. The monoisotopic (exact) mass is 404 g/mol. The van der Waals surface area contributed by atoms with Crippen molar-refractivity contribution in [3.8, 4) is 11.5 Å². The van der Waals surface area contributed by atoms with Crippen molar-refractivity contribution in [2.45, 2.75) is 0 Å². The molecule has 0 aliphatic carbocycles. The lowest BCUT2D eigenvalue weighted by atomic mass is 10.2.